The minimum absolute atomic E-state index is 0.218. The first kappa shape index (κ1) is 23.2. The van der Waals surface area contributed by atoms with Gasteiger partial charge in [-0.15, -0.1) is 11.3 Å². The van der Waals surface area contributed by atoms with Gasteiger partial charge in [0.1, 0.15) is 17.2 Å². The summed E-state index contributed by atoms with van der Waals surface area (Å²) in [5.74, 6) is 0.787. The van der Waals surface area contributed by atoms with E-state index in [4.69, 9.17) is 9.39 Å². The molecule has 170 valence electrons. The lowest BCUT2D eigenvalue weighted by Gasteiger charge is -2.29. The third kappa shape index (κ3) is 5.32. The number of hydrogen-bond acceptors (Lipinski definition) is 9. The molecule has 1 aliphatic heterocycles. The van der Waals surface area contributed by atoms with Crippen molar-refractivity contribution < 1.29 is 24.4 Å². The standard InChI is InChI=1S/C22H22BN3O5S2/c1-13-4-3-5-15-10-18(23(28)31-20(13)15)25-21(27)19(26-29)17-12-33-22(24-17)32-11-14-6-8-16(30-2)9-7-14/h3-9,12,18,28-29H,10-11H2,1-2H3,(H,25,27)/b26-19-/t18-/m0/s1. The van der Waals surface area contributed by atoms with Crippen LogP contribution in [0, 0.1) is 6.92 Å². The van der Waals surface area contributed by atoms with Gasteiger partial charge in [0.05, 0.1) is 13.1 Å². The SMILES string of the molecule is COc1ccc(CSc2nc(/C(=N/O)C(=O)N[C@H]3Cc4cccc(C)c4OB3O)cs2)cc1. The normalized spacial score (nSPS) is 15.5. The van der Waals surface area contributed by atoms with Crippen LogP contribution in [0.5, 0.6) is 11.5 Å². The maximum atomic E-state index is 12.8. The van der Waals surface area contributed by atoms with Gasteiger partial charge in [0.25, 0.3) is 5.91 Å². The number of nitrogens with one attached hydrogen (secondary N) is 1. The highest BCUT2D eigenvalue weighted by molar-refractivity contribution is 8.00. The summed E-state index contributed by atoms with van der Waals surface area (Å²) in [6.07, 6.45) is 0.392. The third-order valence-corrected chi connectivity index (χ3v) is 7.29. The lowest BCUT2D eigenvalue weighted by molar-refractivity contribution is -0.115. The molecule has 33 heavy (non-hydrogen) atoms. The molecule has 0 saturated carbocycles. The average molecular weight is 483 g/mol. The van der Waals surface area contributed by atoms with Crippen LogP contribution in [0.4, 0.5) is 0 Å². The second-order valence-electron chi connectivity index (χ2n) is 7.44. The number of oxime groups is 1. The van der Waals surface area contributed by atoms with Gasteiger partial charge in [-0.25, -0.2) is 4.98 Å². The number of aryl methyl sites for hydroxylation is 1. The highest BCUT2D eigenvalue weighted by Crippen LogP contribution is 2.30. The molecule has 0 radical (unpaired) electrons. The molecule has 0 unspecified atom stereocenters. The molecule has 0 spiro atoms. The highest BCUT2D eigenvalue weighted by Gasteiger charge is 2.37. The summed E-state index contributed by atoms with van der Waals surface area (Å²) in [6, 6.07) is 13.4. The van der Waals surface area contributed by atoms with E-state index >= 15 is 0 Å². The van der Waals surface area contributed by atoms with Crippen LogP contribution in [-0.4, -0.2) is 47.0 Å². The fraction of sp³-hybridized carbons (Fsp3) is 0.227. The molecule has 3 aromatic rings. The molecular formula is C22H22BN3O5S2. The van der Waals surface area contributed by atoms with Gasteiger partial charge in [0, 0.05) is 11.1 Å². The van der Waals surface area contributed by atoms with Gasteiger partial charge in [0.15, 0.2) is 10.1 Å². The van der Waals surface area contributed by atoms with Crippen molar-refractivity contribution in [2.45, 2.75) is 29.4 Å². The van der Waals surface area contributed by atoms with Gasteiger partial charge in [-0.3, -0.25) is 4.79 Å². The Morgan fingerprint density at radius 3 is 2.88 bits per heavy atom. The number of carbonyl (C=O) groups excluding carboxylic acids is 1. The Balaban J connectivity index is 1.39. The van der Waals surface area contributed by atoms with E-state index in [1.165, 1.54) is 23.1 Å². The molecule has 0 bridgehead atoms. The Bertz CT molecular complexity index is 1170. The zero-order valence-electron chi connectivity index (χ0n) is 18.0. The Morgan fingerprint density at radius 2 is 2.15 bits per heavy atom. The predicted molar refractivity (Wildman–Crippen MR) is 128 cm³/mol. The number of para-hydroxylation sites is 1. The van der Waals surface area contributed by atoms with E-state index in [9.17, 15) is 15.0 Å². The Labute approximate surface area is 199 Å². The predicted octanol–water partition coefficient (Wildman–Crippen LogP) is 3.07. The number of thiazole rings is 1. The summed E-state index contributed by atoms with van der Waals surface area (Å²) in [4.78, 5) is 17.2. The molecule has 4 rings (SSSR count). The highest BCUT2D eigenvalue weighted by atomic mass is 32.2. The van der Waals surface area contributed by atoms with Crippen LogP contribution in [-0.2, 0) is 17.0 Å². The first-order valence-corrected chi connectivity index (χ1v) is 12.0. The number of ether oxygens (including phenoxy) is 1. The van der Waals surface area contributed by atoms with E-state index in [1.807, 2.05) is 49.4 Å². The van der Waals surface area contributed by atoms with Crippen molar-refractivity contribution in [3.63, 3.8) is 0 Å². The molecule has 2 aromatic carbocycles. The quantitative estimate of drug-likeness (QED) is 0.156. The molecule has 8 nitrogen and oxygen atoms in total. The molecule has 1 amide bonds. The first-order chi connectivity index (χ1) is 16.0. The summed E-state index contributed by atoms with van der Waals surface area (Å²) in [5, 5.41) is 27.4. The van der Waals surface area contributed by atoms with Gasteiger partial charge in [-0.2, -0.15) is 0 Å². The topological polar surface area (TPSA) is 113 Å². The largest absolute Gasteiger partial charge is 0.547 e. The van der Waals surface area contributed by atoms with Gasteiger partial charge < -0.3 is 24.9 Å². The average Bonchev–Trinajstić information content (AvgIpc) is 3.28. The molecule has 1 atom stereocenters. The van der Waals surface area contributed by atoms with Crippen LogP contribution >= 0.6 is 23.1 Å². The van der Waals surface area contributed by atoms with Crippen molar-refractivity contribution in [2.24, 2.45) is 5.16 Å². The van der Waals surface area contributed by atoms with Crippen LogP contribution in [0.15, 0.2) is 57.3 Å². The maximum Gasteiger partial charge on any atom is 0.547 e. The molecule has 1 aliphatic rings. The Morgan fingerprint density at radius 1 is 1.36 bits per heavy atom. The number of aromatic nitrogens is 1. The molecule has 0 fully saturated rings. The first-order valence-electron chi connectivity index (χ1n) is 10.2. The van der Waals surface area contributed by atoms with Crippen molar-refractivity contribution >= 4 is 41.8 Å². The number of carbonyl (C=O) groups is 1. The summed E-state index contributed by atoms with van der Waals surface area (Å²) in [6.45, 7) is 1.90. The number of nitrogens with zero attached hydrogens (tertiary/aromatic N) is 2. The monoisotopic (exact) mass is 483 g/mol. The van der Waals surface area contributed by atoms with Crippen molar-refractivity contribution in [3.05, 3.63) is 70.2 Å². The number of rotatable bonds is 7. The second-order valence-corrected chi connectivity index (χ2v) is 9.52. The second kappa shape index (κ2) is 10.3. The number of fused-ring (bicyclic) bond motifs is 1. The number of hydrogen-bond donors (Lipinski definition) is 3. The van der Waals surface area contributed by atoms with Gasteiger partial charge in [-0.05, 0) is 42.2 Å². The molecule has 0 aliphatic carbocycles. The van der Waals surface area contributed by atoms with Crippen LogP contribution in [0.25, 0.3) is 0 Å². The van der Waals surface area contributed by atoms with Crippen LogP contribution in [0.2, 0.25) is 0 Å². The molecule has 1 aromatic heterocycles. The van der Waals surface area contributed by atoms with E-state index in [2.05, 4.69) is 15.5 Å². The van der Waals surface area contributed by atoms with Crippen LogP contribution in [0.1, 0.15) is 22.4 Å². The number of benzene rings is 2. The zero-order valence-corrected chi connectivity index (χ0v) is 19.7. The zero-order chi connectivity index (χ0) is 23.4. The smallest absolute Gasteiger partial charge is 0.534 e. The van der Waals surface area contributed by atoms with Crippen molar-refractivity contribution in [3.8, 4) is 11.5 Å². The van der Waals surface area contributed by atoms with E-state index in [-0.39, 0.29) is 11.4 Å². The van der Waals surface area contributed by atoms with Crippen LogP contribution < -0.4 is 14.7 Å². The maximum absolute atomic E-state index is 12.8. The lowest BCUT2D eigenvalue weighted by Crippen LogP contribution is -2.54. The molecule has 3 N–H and O–H groups in total. The van der Waals surface area contributed by atoms with Crippen LogP contribution in [0.3, 0.4) is 0 Å². The summed E-state index contributed by atoms with van der Waals surface area (Å²) in [5.41, 5.74) is 2.95. The number of methoxy groups -OCH3 is 1. The minimum Gasteiger partial charge on any atom is -0.534 e. The molecular weight excluding hydrogens is 461 g/mol. The Hall–Kier alpha value is -3.02. The molecule has 11 heteroatoms. The van der Waals surface area contributed by atoms with Crippen molar-refractivity contribution in [1.29, 1.82) is 0 Å². The fourth-order valence-electron chi connectivity index (χ4n) is 3.45. The summed E-state index contributed by atoms with van der Waals surface area (Å²) >= 11 is 2.87. The van der Waals surface area contributed by atoms with E-state index in [0.717, 1.165) is 26.8 Å². The fourth-order valence-corrected chi connectivity index (χ4v) is 5.22. The van der Waals surface area contributed by atoms with Gasteiger partial charge in [0.2, 0.25) is 0 Å². The van der Waals surface area contributed by atoms with Gasteiger partial charge in [-0.1, -0.05) is 47.2 Å². The van der Waals surface area contributed by atoms with Gasteiger partial charge >= 0.3 is 7.12 Å². The number of thioether (sulfide) groups is 1. The van der Waals surface area contributed by atoms with Crippen molar-refractivity contribution in [1.82, 2.24) is 10.3 Å². The summed E-state index contributed by atoms with van der Waals surface area (Å²) in [7, 11) is 0.410. The Kier molecular flexibility index (Phi) is 7.21. The van der Waals surface area contributed by atoms with Crippen molar-refractivity contribution in [2.75, 3.05) is 7.11 Å². The van der Waals surface area contributed by atoms with E-state index in [0.29, 0.717) is 17.9 Å². The summed E-state index contributed by atoms with van der Waals surface area (Å²) < 4.78 is 11.5. The number of amides is 1. The molecule has 2 heterocycles. The molecule has 0 saturated heterocycles. The minimum atomic E-state index is -1.21. The van der Waals surface area contributed by atoms with E-state index < -0.39 is 19.0 Å². The lowest BCUT2D eigenvalue weighted by atomic mass is 9.72. The van der Waals surface area contributed by atoms with E-state index in [1.54, 1.807) is 12.5 Å². The third-order valence-electron chi connectivity index (χ3n) is 5.19.